The second-order valence-corrected chi connectivity index (χ2v) is 6.62. The van der Waals surface area contributed by atoms with Gasteiger partial charge in [-0.05, 0) is 24.3 Å². The predicted molar refractivity (Wildman–Crippen MR) is 107 cm³/mol. The Labute approximate surface area is 167 Å². The molecule has 0 spiro atoms. The summed E-state index contributed by atoms with van der Waals surface area (Å²) in [6, 6.07) is 11.6. The molecule has 2 heterocycles. The largest absolute Gasteiger partial charge is 0.493 e. The van der Waals surface area contributed by atoms with Crippen molar-refractivity contribution in [3.8, 4) is 17.2 Å². The van der Waals surface area contributed by atoms with Crippen molar-refractivity contribution in [3.63, 3.8) is 0 Å². The van der Waals surface area contributed by atoms with Crippen molar-refractivity contribution in [3.05, 3.63) is 78.3 Å². The van der Waals surface area contributed by atoms with Crippen molar-refractivity contribution in [1.29, 1.82) is 0 Å². The van der Waals surface area contributed by atoms with E-state index >= 15 is 0 Å². The molecule has 1 amide bonds. The molecule has 0 saturated heterocycles. The van der Waals surface area contributed by atoms with Gasteiger partial charge in [0.1, 0.15) is 18.2 Å². The summed E-state index contributed by atoms with van der Waals surface area (Å²) < 4.78 is 26.6. The lowest BCUT2D eigenvalue weighted by molar-refractivity contribution is -0.116. The van der Waals surface area contributed by atoms with Crippen LogP contribution in [0.5, 0.6) is 11.5 Å². The third-order valence-corrected chi connectivity index (χ3v) is 4.82. The monoisotopic (exact) mass is 393 g/mol. The molecular formula is C22H20FN3O3. The summed E-state index contributed by atoms with van der Waals surface area (Å²) in [7, 11) is 1.57. The van der Waals surface area contributed by atoms with E-state index in [-0.39, 0.29) is 24.1 Å². The van der Waals surface area contributed by atoms with Gasteiger partial charge in [0.25, 0.3) is 0 Å². The number of aromatic nitrogens is 2. The van der Waals surface area contributed by atoms with E-state index < -0.39 is 0 Å². The standard InChI is InChI=1S/C22H20FN3O3/c1-3-10-29-21-16(8-5-9-19(21)28-2)17-12-20(27)25-22-18(17)13-24-26(22)15-7-4-6-14(23)11-15/h3-9,11,13,17H,1,10,12H2,2H3,(H,25,27). The molecule has 1 aliphatic rings. The molecule has 1 aliphatic heterocycles. The quantitative estimate of drug-likeness (QED) is 0.642. The summed E-state index contributed by atoms with van der Waals surface area (Å²) in [5, 5.41) is 7.27. The number of rotatable bonds is 6. The molecule has 0 saturated carbocycles. The second-order valence-electron chi connectivity index (χ2n) is 6.62. The first-order valence-corrected chi connectivity index (χ1v) is 9.16. The summed E-state index contributed by atoms with van der Waals surface area (Å²) in [4.78, 5) is 12.5. The molecule has 0 aliphatic carbocycles. The van der Waals surface area contributed by atoms with Crippen LogP contribution >= 0.6 is 0 Å². The molecule has 7 heteroatoms. The van der Waals surface area contributed by atoms with Crippen molar-refractivity contribution in [1.82, 2.24) is 9.78 Å². The maximum Gasteiger partial charge on any atom is 0.226 e. The fourth-order valence-corrected chi connectivity index (χ4v) is 3.57. The van der Waals surface area contributed by atoms with Crippen LogP contribution in [0.25, 0.3) is 5.69 Å². The first-order valence-electron chi connectivity index (χ1n) is 9.16. The van der Waals surface area contributed by atoms with Crippen LogP contribution in [0, 0.1) is 5.82 Å². The van der Waals surface area contributed by atoms with Crippen LogP contribution in [0.3, 0.4) is 0 Å². The number of carbonyl (C=O) groups excluding carboxylic acids is 1. The minimum absolute atomic E-state index is 0.154. The summed E-state index contributed by atoms with van der Waals surface area (Å²) in [6.07, 6.45) is 3.58. The van der Waals surface area contributed by atoms with Crippen LogP contribution in [0.4, 0.5) is 10.2 Å². The highest BCUT2D eigenvalue weighted by Crippen LogP contribution is 2.44. The highest BCUT2D eigenvalue weighted by atomic mass is 19.1. The predicted octanol–water partition coefficient (Wildman–Crippen LogP) is 4.06. The topological polar surface area (TPSA) is 65.4 Å². The second kappa shape index (κ2) is 7.79. The Balaban J connectivity index is 1.83. The molecule has 0 bridgehead atoms. The minimum atomic E-state index is -0.377. The van der Waals surface area contributed by atoms with Gasteiger partial charge in [-0.2, -0.15) is 5.10 Å². The van der Waals surface area contributed by atoms with E-state index in [1.165, 1.54) is 16.8 Å². The number of fused-ring (bicyclic) bond motifs is 1. The third kappa shape index (κ3) is 3.47. The summed E-state index contributed by atoms with van der Waals surface area (Å²) in [5.41, 5.74) is 2.17. The lowest BCUT2D eigenvalue weighted by atomic mass is 9.86. The minimum Gasteiger partial charge on any atom is -0.493 e. The maximum absolute atomic E-state index is 13.7. The van der Waals surface area contributed by atoms with Crippen LogP contribution in [0.15, 0.2) is 61.3 Å². The van der Waals surface area contributed by atoms with Crippen molar-refractivity contribution in [2.45, 2.75) is 12.3 Å². The van der Waals surface area contributed by atoms with Gasteiger partial charge >= 0.3 is 0 Å². The van der Waals surface area contributed by atoms with E-state index in [1.807, 2.05) is 18.2 Å². The molecule has 1 atom stereocenters. The van der Waals surface area contributed by atoms with E-state index in [4.69, 9.17) is 9.47 Å². The lowest BCUT2D eigenvalue weighted by Gasteiger charge is -2.26. The molecule has 1 aromatic heterocycles. The van der Waals surface area contributed by atoms with Gasteiger partial charge in [0, 0.05) is 23.5 Å². The van der Waals surface area contributed by atoms with E-state index in [1.54, 1.807) is 31.5 Å². The maximum atomic E-state index is 13.7. The Morgan fingerprint density at radius 1 is 1.31 bits per heavy atom. The van der Waals surface area contributed by atoms with E-state index in [0.717, 1.165) is 11.1 Å². The zero-order valence-corrected chi connectivity index (χ0v) is 15.9. The zero-order valence-electron chi connectivity index (χ0n) is 15.9. The number of carbonyl (C=O) groups is 1. The Bertz CT molecular complexity index is 1080. The smallest absolute Gasteiger partial charge is 0.226 e. The number of nitrogens with one attached hydrogen (secondary N) is 1. The Hall–Kier alpha value is -3.61. The van der Waals surface area contributed by atoms with Crippen LogP contribution < -0.4 is 14.8 Å². The number of para-hydroxylation sites is 1. The summed E-state index contributed by atoms with van der Waals surface area (Å²) >= 11 is 0. The van der Waals surface area contributed by atoms with Crippen LogP contribution in [0.2, 0.25) is 0 Å². The average Bonchev–Trinajstić information content (AvgIpc) is 3.15. The molecule has 1 unspecified atom stereocenters. The average molecular weight is 393 g/mol. The van der Waals surface area contributed by atoms with Gasteiger partial charge in [-0.25, -0.2) is 9.07 Å². The number of ether oxygens (including phenoxy) is 2. The van der Waals surface area contributed by atoms with Crippen molar-refractivity contribution in [2.24, 2.45) is 0 Å². The Morgan fingerprint density at radius 2 is 2.14 bits per heavy atom. The van der Waals surface area contributed by atoms with E-state index in [9.17, 15) is 9.18 Å². The van der Waals surface area contributed by atoms with Gasteiger partial charge in [0.15, 0.2) is 11.5 Å². The van der Waals surface area contributed by atoms with Gasteiger partial charge in [0.2, 0.25) is 5.91 Å². The molecule has 29 heavy (non-hydrogen) atoms. The van der Waals surface area contributed by atoms with Crippen molar-refractivity contribution < 1.29 is 18.7 Å². The Morgan fingerprint density at radius 3 is 2.90 bits per heavy atom. The van der Waals surface area contributed by atoms with Crippen LogP contribution in [-0.2, 0) is 4.79 Å². The molecule has 148 valence electrons. The highest BCUT2D eigenvalue weighted by molar-refractivity contribution is 5.94. The first kappa shape index (κ1) is 18.7. The molecule has 0 fully saturated rings. The van der Waals surface area contributed by atoms with Gasteiger partial charge < -0.3 is 14.8 Å². The first-order chi connectivity index (χ1) is 14.1. The summed E-state index contributed by atoms with van der Waals surface area (Å²) in [5.74, 6) is 0.857. The van der Waals surface area contributed by atoms with Crippen LogP contribution in [-0.4, -0.2) is 29.4 Å². The lowest BCUT2D eigenvalue weighted by Crippen LogP contribution is -2.25. The molecule has 1 N–H and O–H groups in total. The molecule has 3 aromatic rings. The number of methoxy groups -OCH3 is 1. The normalized spacial score (nSPS) is 15.4. The van der Waals surface area contributed by atoms with Gasteiger partial charge in [0.05, 0.1) is 19.0 Å². The van der Waals surface area contributed by atoms with Crippen LogP contribution in [0.1, 0.15) is 23.5 Å². The number of hydrogen-bond donors (Lipinski definition) is 1. The number of hydrogen-bond acceptors (Lipinski definition) is 4. The van der Waals surface area contributed by atoms with Gasteiger partial charge in [-0.3, -0.25) is 4.79 Å². The number of halogens is 1. The number of amides is 1. The van der Waals surface area contributed by atoms with Gasteiger partial charge in [-0.15, -0.1) is 0 Å². The fourth-order valence-electron chi connectivity index (χ4n) is 3.57. The van der Waals surface area contributed by atoms with Crippen molar-refractivity contribution >= 4 is 11.7 Å². The van der Waals surface area contributed by atoms with E-state index in [0.29, 0.717) is 29.6 Å². The van der Waals surface area contributed by atoms with Gasteiger partial charge in [-0.1, -0.05) is 30.9 Å². The fraction of sp³-hybridized carbons (Fsp3) is 0.182. The molecular weight excluding hydrogens is 373 g/mol. The zero-order chi connectivity index (χ0) is 20.4. The Kier molecular flexibility index (Phi) is 5.03. The molecule has 6 nitrogen and oxygen atoms in total. The van der Waals surface area contributed by atoms with E-state index in [2.05, 4.69) is 17.0 Å². The molecule has 4 rings (SSSR count). The SMILES string of the molecule is C=CCOc1c(OC)cccc1C1CC(=O)Nc2c1cnn2-c1cccc(F)c1. The molecule has 2 aromatic carbocycles. The molecule has 0 radical (unpaired) electrons. The number of benzene rings is 2. The number of anilines is 1. The third-order valence-electron chi connectivity index (χ3n) is 4.82. The number of nitrogens with zero attached hydrogens (tertiary/aromatic N) is 2. The highest BCUT2D eigenvalue weighted by Gasteiger charge is 2.33. The van der Waals surface area contributed by atoms with Crippen molar-refractivity contribution in [2.75, 3.05) is 19.0 Å². The summed E-state index contributed by atoms with van der Waals surface area (Å²) in [6.45, 7) is 4.00.